The van der Waals surface area contributed by atoms with Crippen LogP contribution in [0.3, 0.4) is 0 Å². The number of hydrogen-bond donors (Lipinski definition) is 1. The highest BCUT2D eigenvalue weighted by atomic mass is 79.9. The van der Waals surface area contributed by atoms with E-state index >= 15 is 0 Å². The third-order valence-corrected chi connectivity index (χ3v) is 3.60. The Kier molecular flexibility index (Phi) is 10.9. The van der Waals surface area contributed by atoms with Crippen LogP contribution in [0, 0.1) is 0 Å². The number of rotatable bonds is 7. The molecule has 0 radical (unpaired) electrons. The van der Waals surface area contributed by atoms with Gasteiger partial charge in [-0.25, -0.2) is 0 Å². The van der Waals surface area contributed by atoms with Crippen LogP contribution < -0.4 is 9.47 Å². The fraction of sp³-hybridized carbons (Fsp3) is 0.278. The van der Waals surface area contributed by atoms with Gasteiger partial charge in [-0.05, 0) is 36.4 Å². The molecule has 2 aromatic carbocycles. The summed E-state index contributed by atoms with van der Waals surface area (Å²) in [6.45, 7) is 2.42. The van der Waals surface area contributed by atoms with Gasteiger partial charge >= 0.3 is 5.97 Å². The number of esters is 1. The van der Waals surface area contributed by atoms with Crippen molar-refractivity contribution in [1.29, 1.82) is 0 Å². The van der Waals surface area contributed by atoms with Crippen LogP contribution in [0.5, 0.6) is 11.5 Å². The molecule has 0 fully saturated rings. The van der Waals surface area contributed by atoms with Crippen LogP contribution in [0.4, 0.5) is 0 Å². The van der Waals surface area contributed by atoms with Crippen LogP contribution in [0.2, 0.25) is 0 Å². The van der Waals surface area contributed by atoms with E-state index in [0.717, 1.165) is 20.4 Å². The van der Waals surface area contributed by atoms with Crippen molar-refractivity contribution < 1.29 is 24.1 Å². The number of halogens is 2. The van der Waals surface area contributed by atoms with E-state index in [0.29, 0.717) is 13.2 Å². The van der Waals surface area contributed by atoms with Gasteiger partial charge < -0.3 is 19.3 Å². The van der Waals surface area contributed by atoms with E-state index in [-0.39, 0.29) is 19.2 Å². The SMILES string of the molecule is CC(=O)OCCOc1cccc(Br)c1.OCCOc1cccc(Br)c1. The molecule has 0 saturated heterocycles. The lowest BCUT2D eigenvalue weighted by Crippen LogP contribution is -2.09. The maximum atomic E-state index is 10.4. The Hall–Kier alpha value is -1.57. The molecule has 5 nitrogen and oxygen atoms in total. The molecule has 0 amide bonds. The van der Waals surface area contributed by atoms with Gasteiger partial charge in [-0.2, -0.15) is 0 Å². The van der Waals surface area contributed by atoms with Crippen molar-refractivity contribution in [3.63, 3.8) is 0 Å². The fourth-order valence-electron chi connectivity index (χ4n) is 1.62. The first kappa shape index (κ1) is 21.5. The first-order valence-corrected chi connectivity index (χ1v) is 9.11. The van der Waals surface area contributed by atoms with Gasteiger partial charge in [0, 0.05) is 15.9 Å². The maximum Gasteiger partial charge on any atom is 0.302 e. The summed E-state index contributed by atoms with van der Waals surface area (Å²) in [5.74, 6) is 1.24. The summed E-state index contributed by atoms with van der Waals surface area (Å²) in [6, 6.07) is 15.0. The molecular formula is C18H20Br2O5. The van der Waals surface area contributed by atoms with E-state index < -0.39 is 0 Å². The van der Waals surface area contributed by atoms with Gasteiger partial charge in [0.05, 0.1) is 6.61 Å². The molecule has 136 valence electrons. The fourth-order valence-corrected chi connectivity index (χ4v) is 2.38. The smallest absolute Gasteiger partial charge is 0.302 e. The Morgan fingerprint density at radius 2 is 1.44 bits per heavy atom. The Balaban J connectivity index is 0.000000257. The van der Waals surface area contributed by atoms with E-state index in [1.54, 1.807) is 0 Å². The minimum absolute atomic E-state index is 0.0481. The second kappa shape index (κ2) is 12.7. The van der Waals surface area contributed by atoms with Crippen molar-refractivity contribution in [2.24, 2.45) is 0 Å². The van der Waals surface area contributed by atoms with Crippen LogP contribution in [0.1, 0.15) is 6.92 Å². The summed E-state index contributed by atoms with van der Waals surface area (Å²) < 4.78 is 17.1. The average Bonchev–Trinajstić information content (AvgIpc) is 2.57. The molecule has 0 spiro atoms. The van der Waals surface area contributed by atoms with Gasteiger partial charge in [-0.15, -0.1) is 0 Å². The summed E-state index contributed by atoms with van der Waals surface area (Å²) in [4.78, 5) is 10.4. The highest BCUT2D eigenvalue weighted by Gasteiger charge is 1.96. The van der Waals surface area contributed by atoms with E-state index in [4.69, 9.17) is 19.3 Å². The Morgan fingerprint density at radius 3 is 1.88 bits per heavy atom. The van der Waals surface area contributed by atoms with Gasteiger partial charge in [-0.3, -0.25) is 4.79 Å². The first-order valence-electron chi connectivity index (χ1n) is 7.52. The number of ether oxygens (including phenoxy) is 3. The molecule has 0 heterocycles. The predicted molar refractivity (Wildman–Crippen MR) is 103 cm³/mol. The Morgan fingerprint density at radius 1 is 0.920 bits per heavy atom. The van der Waals surface area contributed by atoms with Crippen molar-refractivity contribution in [3.8, 4) is 11.5 Å². The first-order chi connectivity index (χ1) is 12.0. The molecule has 0 atom stereocenters. The van der Waals surface area contributed by atoms with E-state index in [2.05, 4.69) is 31.9 Å². The summed E-state index contributed by atoms with van der Waals surface area (Å²) in [7, 11) is 0. The number of benzene rings is 2. The van der Waals surface area contributed by atoms with Gasteiger partial charge in [0.15, 0.2) is 0 Å². The monoisotopic (exact) mass is 474 g/mol. The summed E-state index contributed by atoms with van der Waals surface area (Å²) in [5, 5.41) is 8.46. The molecule has 0 saturated carbocycles. The summed E-state index contributed by atoms with van der Waals surface area (Å²) >= 11 is 6.64. The molecular weight excluding hydrogens is 456 g/mol. The van der Waals surface area contributed by atoms with Crippen LogP contribution in [0.25, 0.3) is 0 Å². The maximum absolute atomic E-state index is 10.4. The van der Waals surface area contributed by atoms with Gasteiger partial charge in [0.1, 0.15) is 31.3 Å². The highest BCUT2D eigenvalue weighted by Crippen LogP contribution is 2.18. The standard InChI is InChI=1S/C10H11BrO3.C8H9BrO2/c1-8(12)13-5-6-14-10-4-2-3-9(11)7-10;9-7-2-1-3-8(6-7)11-5-4-10/h2-4,7H,5-6H2,1H3;1-3,6,10H,4-5H2. The normalized spacial score (nSPS) is 9.60. The van der Waals surface area contributed by atoms with Crippen LogP contribution in [-0.2, 0) is 9.53 Å². The second-order valence-corrected chi connectivity index (χ2v) is 6.51. The predicted octanol–water partition coefficient (Wildman–Crippen LogP) is 4.21. The molecule has 0 aliphatic rings. The number of aliphatic hydroxyl groups is 1. The van der Waals surface area contributed by atoms with E-state index in [1.807, 2.05) is 48.5 Å². The molecule has 2 aromatic rings. The van der Waals surface area contributed by atoms with Crippen molar-refractivity contribution in [3.05, 3.63) is 57.5 Å². The third-order valence-electron chi connectivity index (χ3n) is 2.61. The third kappa shape index (κ3) is 10.8. The van der Waals surface area contributed by atoms with E-state index in [9.17, 15) is 4.79 Å². The topological polar surface area (TPSA) is 65.0 Å². The average molecular weight is 476 g/mol. The zero-order valence-electron chi connectivity index (χ0n) is 13.8. The molecule has 0 unspecified atom stereocenters. The molecule has 7 heteroatoms. The highest BCUT2D eigenvalue weighted by molar-refractivity contribution is 9.10. The summed E-state index contributed by atoms with van der Waals surface area (Å²) in [6.07, 6.45) is 0. The van der Waals surface area contributed by atoms with Crippen molar-refractivity contribution in [2.75, 3.05) is 26.4 Å². The van der Waals surface area contributed by atoms with Crippen LogP contribution in [0.15, 0.2) is 57.5 Å². The number of hydrogen-bond acceptors (Lipinski definition) is 5. The summed E-state index contributed by atoms with van der Waals surface area (Å²) in [5.41, 5.74) is 0. The molecule has 0 aromatic heterocycles. The largest absolute Gasteiger partial charge is 0.491 e. The van der Waals surface area contributed by atoms with Crippen molar-refractivity contribution >= 4 is 37.8 Å². The van der Waals surface area contributed by atoms with E-state index in [1.165, 1.54) is 6.92 Å². The number of carbonyl (C=O) groups excluding carboxylic acids is 1. The van der Waals surface area contributed by atoms with Crippen molar-refractivity contribution in [1.82, 2.24) is 0 Å². The van der Waals surface area contributed by atoms with Crippen LogP contribution >= 0.6 is 31.9 Å². The van der Waals surface area contributed by atoms with Crippen LogP contribution in [-0.4, -0.2) is 37.5 Å². The Bertz CT molecular complexity index is 649. The molecule has 1 N–H and O–H groups in total. The zero-order chi connectivity index (χ0) is 18.5. The van der Waals surface area contributed by atoms with Gasteiger partial charge in [0.25, 0.3) is 0 Å². The molecule has 0 bridgehead atoms. The lowest BCUT2D eigenvalue weighted by molar-refractivity contribution is -0.141. The van der Waals surface area contributed by atoms with Gasteiger partial charge in [-0.1, -0.05) is 44.0 Å². The molecule has 0 aliphatic heterocycles. The lowest BCUT2D eigenvalue weighted by Gasteiger charge is -2.05. The molecule has 0 aliphatic carbocycles. The quantitative estimate of drug-likeness (QED) is 0.480. The second-order valence-electron chi connectivity index (χ2n) is 4.68. The minimum atomic E-state index is -0.289. The van der Waals surface area contributed by atoms with Crippen molar-refractivity contribution in [2.45, 2.75) is 6.92 Å². The number of carbonyl (C=O) groups is 1. The Labute approximate surface area is 164 Å². The number of aliphatic hydroxyl groups excluding tert-OH is 1. The zero-order valence-corrected chi connectivity index (χ0v) is 17.0. The minimum Gasteiger partial charge on any atom is -0.491 e. The molecule has 25 heavy (non-hydrogen) atoms. The molecule has 2 rings (SSSR count). The lowest BCUT2D eigenvalue weighted by atomic mass is 10.3. The van der Waals surface area contributed by atoms with Gasteiger partial charge in [0.2, 0.25) is 0 Å².